The summed E-state index contributed by atoms with van der Waals surface area (Å²) in [7, 11) is 5.42. The zero-order chi connectivity index (χ0) is 46.3. The van der Waals surface area contributed by atoms with Crippen LogP contribution in [0.15, 0.2) is 48.6 Å². The lowest BCUT2D eigenvalue weighted by Gasteiger charge is -2.34. The van der Waals surface area contributed by atoms with Crippen molar-refractivity contribution in [1.82, 2.24) is 0 Å². The van der Waals surface area contributed by atoms with Crippen molar-refractivity contribution in [1.29, 1.82) is 0 Å². The molecule has 0 heterocycles. The van der Waals surface area contributed by atoms with Crippen LogP contribution in [0.3, 0.4) is 0 Å². The molecule has 2 atom stereocenters. The first-order valence-corrected chi connectivity index (χ1v) is 26.2. The van der Waals surface area contributed by atoms with E-state index in [-0.39, 0.29) is 42.7 Å². The lowest BCUT2D eigenvalue weighted by Crippen LogP contribution is -2.55. The molecule has 0 amide bonds. The molecular formula is C55H99NO7. The molecule has 0 bridgehead atoms. The Kier molecular flexibility index (Phi) is 43.9. The summed E-state index contributed by atoms with van der Waals surface area (Å²) in [6.07, 6.45) is 55.7. The molecule has 0 saturated heterocycles. The van der Waals surface area contributed by atoms with E-state index in [0.717, 1.165) is 64.2 Å². The second-order valence-corrected chi connectivity index (χ2v) is 18.7. The lowest BCUT2D eigenvalue weighted by molar-refractivity contribution is -0.889. The SMILES string of the molecule is CC/C=C/C/C=C/C/C=C/C/C=C/CCCCCCCCCCCCC(=O)OCC(COCCC(C(=O)[O-])[N+](C)(C)C)OC(=O)CCCCCCCCCCCCCCCCCC. The van der Waals surface area contributed by atoms with Gasteiger partial charge in [0.05, 0.1) is 40.3 Å². The molecule has 0 aromatic rings. The molecule has 0 N–H and O–H groups in total. The van der Waals surface area contributed by atoms with Gasteiger partial charge < -0.3 is 28.6 Å². The van der Waals surface area contributed by atoms with Crippen LogP contribution in [-0.2, 0) is 28.6 Å². The maximum absolute atomic E-state index is 12.8. The molecule has 0 aromatic heterocycles. The first-order chi connectivity index (χ1) is 30.6. The van der Waals surface area contributed by atoms with Crippen LogP contribution in [0.5, 0.6) is 0 Å². The van der Waals surface area contributed by atoms with E-state index in [1.165, 1.54) is 135 Å². The first kappa shape index (κ1) is 60.3. The number of esters is 2. The van der Waals surface area contributed by atoms with Gasteiger partial charge in [-0.15, -0.1) is 0 Å². The summed E-state index contributed by atoms with van der Waals surface area (Å²) in [5.41, 5.74) is 0. The van der Waals surface area contributed by atoms with Crippen LogP contribution in [0.25, 0.3) is 0 Å². The van der Waals surface area contributed by atoms with Crippen molar-refractivity contribution in [2.45, 2.75) is 244 Å². The maximum Gasteiger partial charge on any atom is 0.306 e. The minimum atomic E-state index is -1.12. The van der Waals surface area contributed by atoms with Gasteiger partial charge in [0.2, 0.25) is 0 Å². The Morgan fingerprint density at radius 1 is 0.492 bits per heavy atom. The standard InChI is InChI=1S/C55H99NO7/c1-6-8-10-12-14-16-18-20-22-24-25-26-27-28-29-30-32-33-35-37-39-41-43-45-53(57)62-50-51(49-61-48-47-52(55(59)60)56(3,4)5)63-54(58)46-44-42-40-38-36-34-31-23-21-19-17-15-13-11-9-7-2/h8,10,14,16,20,22,25-26,51-52H,6-7,9,11-13,15,17-19,21,23-24,27-50H2,1-5H3/b10-8+,16-14+,22-20+,26-25+. The number of likely N-dealkylation sites (N-methyl/N-ethyl adjacent to an activating group) is 1. The summed E-state index contributed by atoms with van der Waals surface area (Å²) in [5.74, 6) is -1.73. The van der Waals surface area contributed by atoms with Crippen LogP contribution >= 0.6 is 0 Å². The number of carbonyl (C=O) groups is 3. The molecule has 0 aromatic carbocycles. The van der Waals surface area contributed by atoms with Crippen LogP contribution in [-0.4, -0.2) is 75.5 Å². The topological polar surface area (TPSA) is 102 Å². The molecule has 0 aliphatic heterocycles. The molecule has 0 saturated carbocycles. The number of quaternary nitrogens is 1. The second-order valence-electron chi connectivity index (χ2n) is 18.7. The van der Waals surface area contributed by atoms with Crippen molar-refractivity contribution in [2.24, 2.45) is 0 Å². The number of ether oxygens (including phenoxy) is 3. The van der Waals surface area contributed by atoms with Crippen LogP contribution in [0, 0.1) is 0 Å². The zero-order valence-electron chi connectivity index (χ0n) is 41.7. The summed E-state index contributed by atoms with van der Waals surface area (Å²) >= 11 is 0. The van der Waals surface area contributed by atoms with Gasteiger partial charge in [-0.05, 0) is 51.4 Å². The third-order valence-electron chi connectivity index (χ3n) is 11.7. The summed E-state index contributed by atoms with van der Waals surface area (Å²) in [4.78, 5) is 37.0. The minimum absolute atomic E-state index is 0.0418. The van der Waals surface area contributed by atoms with Crippen molar-refractivity contribution in [3.8, 4) is 0 Å². The fourth-order valence-corrected chi connectivity index (χ4v) is 7.71. The first-order valence-electron chi connectivity index (χ1n) is 26.2. The minimum Gasteiger partial charge on any atom is -0.544 e. The van der Waals surface area contributed by atoms with Crippen molar-refractivity contribution >= 4 is 17.9 Å². The van der Waals surface area contributed by atoms with Crippen LogP contribution in [0.4, 0.5) is 0 Å². The fourth-order valence-electron chi connectivity index (χ4n) is 7.71. The molecule has 0 aliphatic carbocycles. The molecular weight excluding hydrogens is 787 g/mol. The average Bonchev–Trinajstić information content (AvgIpc) is 3.24. The Morgan fingerprint density at radius 3 is 1.32 bits per heavy atom. The Hall–Kier alpha value is -2.71. The van der Waals surface area contributed by atoms with E-state index < -0.39 is 18.1 Å². The highest BCUT2D eigenvalue weighted by atomic mass is 16.6. The Balaban J connectivity index is 4.20. The predicted molar refractivity (Wildman–Crippen MR) is 263 cm³/mol. The highest BCUT2D eigenvalue weighted by molar-refractivity contribution is 5.70. The number of allylic oxidation sites excluding steroid dienone is 8. The average molecular weight is 886 g/mol. The van der Waals surface area contributed by atoms with E-state index in [1.54, 1.807) is 21.1 Å². The molecule has 2 unspecified atom stereocenters. The molecule has 0 rings (SSSR count). The van der Waals surface area contributed by atoms with Gasteiger partial charge in [-0.25, -0.2) is 0 Å². The van der Waals surface area contributed by atoms with E-state index in [2.05, 4.69) is 62.5 Å². The number of carboxylic acid groups (broad SMARTS) is 1. The molecule has 63 heavy (non-hydrogen) atoms. The molecule has 366 valence electrons. The number of carboxylic acids is 1. The molecule has 0 radical (unpaired) electrons. The molecule has 0 aliphatic rings. The molecule has 0 fully saturated rings. The highest BCUT2D eigenvalue weighted by Gasteiger charge is 2.25. The predicted octanol–water partition coefficient (Wildman–Crippen LogP) is 13.8. The Bertz CT molecular complexity index is 1170. The Morgan fingerprint density at radius 2 is 0.889 bits per heavy atom. The van der Waals surface area contributed by atoms with Gasteiger partial charge in [0, 0.05) is 19.3 Å². The van der Waals surface area contributed by atoms with Gasteiger partial charge in [0.15, 0.2) is 6.10 Å². The maximum atomic E-state index is 12.8. The van der Waals surface area contributed by atoms with Crippen molar-refractivity contribution in [2.75, 3.05) is 41.0 Å². The van der Waals surface area contributed by atoms with E-state index in [4.69, 9.17) is 14.2 Å². The summed E-state index contributed by atoms with van der Waals surface area (Å²) in [6, 6.07) is -0.726. The van der Waals surface area contributed by atoms with Crippen LogP contribution in [0.2, 0.25) is 0 Å². The van der Waals surface area contributed by atoms with Crippen LogP contribution < -0.4 is 5.11 Å². The third-order valence-corrected chi connectivity index (χ3v) is 11.7. The number of unbranched alkanes of at least 4 members (excludes halogenated alkanes) is 25. The van der Waals surface area contributed by atoms with Gasteiger partial charge in [-0.1, -0.05) is 210 Å². The van der Waals surface area contributed by atoms with Gasteiger partial charge in [0.25, 0.3) is 0 Å². The molecule has 8 nitrogen and oxygen atoms in total. The monoisotopic (exact) mass is 886 g/mol. The Labute approximate surface area is 388 Å². The number of hydrogen-bond donors (Lipinski definition) is 0. The number of nitrogens with zero attached hydrogens (tertiary/aromatic N) is 1. The van der Waals surface area contributed by atoms with Gasteiger partial charge in [0.1, 0.15) is 12.6 Å². The second kappa shape index (κ2) is 45.8. The molecule has 8 heteroatoms. The van der Waals surface area contributed by atoms with Gasteiger partial charge in [-0.2, -0.15) is 0 Å². The van der Waals surface area contributed by atoms with E-state index >= 15 is 0 Å². The summed E-state index contributed by atoms with van der Waals surface area (Å²) < 4.78 is 17.3. The largest absolute Gasteiger partial charge is 0.544 e. The van der Waals surface area contributed by atoms with E-state index in [9.17, 15) is 19.5 Å². The van der Waals surface area contributed by atoms with Gasteiger partial charge >= 0.3 is 11.9 Å². The van der Waals surface area contributed by atoms with Gasteiger partial charge in [-0.3, -0.25) is 9.59 Å². The van der Waals surface area contributed by atoms with Crippen molar-refractivity contribution in [3.05, 3.63) is 48.6 Å². The summed E-state index contributed by atoms with van der Waals surface area (Å²) in [6.45, 7) is 4.58. The van der Waals surface area contributed by atoms with E-state index in [1.807, 2.05) is 0 Å². The third kappa shape index (κ3) is 44.3. The summed E-state index contributed by atoms with van der Waals surface area (Å²) in [5, 5.41) is 11.7. The van der Waals surface area contributed by atoms with E-state index in [0.29, 0.717) is 12.8 Å². The fraction of sp³-hybridized carbons (Fsp3) is 0.800. The zero-order valence-corrected chi connectivity index (χ0v) is 41.7. The normalized spacial score (nSPS) is 13.2. The number of aliphatic carboxylic acids is 1. The smallest absolute Gasteiger partial charge is 0.306 e. The highest BCUT2D eigenvalue weighted by Crippen LogP contribution is 2.16. The number of hydrogen-bond acceptors (Lipinski definition) is 7. The number of rotatable bonds is 47. The van der Waals surface area contributed by atoms with Crippen molar-refractivity contribution in [3.63, 3.8) is 0 Å². The lowest BCUT2D eigenvalue weighted by atomic mass is 10.0. The molecule has 0 spiro atoms. The quantitative estimate of drug-likeness (QED) is 0.0259. The van der Waals surface area contributed by atoms with Crippen LogP contribution in [0.1, 0.15) is 232 Å². The number of carbonyl (C=O) groups excluding carboxylic acids is 3. The van der Waals surface area contributed by atoms with Crippen molar-refractivity contribution < 1.29 is 38.2 Å².